The summed E-state index contributed by atoms with van der Waals surface area (Å²) < 4.78 is 21.7. The van der Waals surface area contributed by atoms with Crippen LogP contribution in [0.15, 0.2) is 36.9 Å². The summed E-state index contributed by atoms with van der Waals surface area (Å²) in [4.78, 5) is 38.0. The molecule has 8 nitrogen and oxygen atoms in total. The molecule has 3 heterocycles. The van der Waals surface area contributed by atoms with Crippen LogP contribution in [0.3, 0.4) is 0 Å². The van der Waals surface area contributed by atoms with Gasteiger partial charge in [-0.25, -0.2) is 19.2 Å². The van der Waals surface area contributed by atoms with Crippen molar-refractivity contribution >= 4 is 23.0 Å². The molecule has 0 aliphatic carbocycles. The van der Waals surface area contributed by atoms with Crippen molar-refractivity contribution in [1.82, 2.24) is 24.3 Å². The van der Waals surface area contributed by atoms with Crippen LogP contribution in [0.2, 0.25) is 0 Å². The summed E-state index contributed by atoms with van der Waals surface area (Å²) >= 11 is 0. The number of halogens is 1. The standard InChI is InChI=1S/C27H34FN5O3/c1-6-31(7-2)25(34)20-14-19(28)8-9-22(20)33-16-21(24-23(33)15-29-17-30-24)18-10-12-32(13-11-18)26(35)36-27(3,4)5/h8-9,14-18H,6-7,10-13H2,1-5H3. The van der Waals surface area contributed by atoms with Gasteiger partial charge in [0.2, 0.25) is 0 Å². The van der Waals surface area contributed by atoms with Gasteiger partial charge in [-0.2, -0.15) is 0 Å². The maximum Gasteiger partial charge on any atom is 0.410 e. The Bertz CT molecular complexity index is 1250. The van der Waals surface area contributed by atoms with Gasteiger partial charge in [0.25, 0.3) is 5.91 Å². The first-order valence-electron chi connectivity index (χ1n) is 12.5. The highest BCUT2D eigenvalue weighted by atomic mass is 19.1. The van der Waals surface area contributed by atoms with E-state index in [1.54, 1.807) is 22.1 Å². The molecule has 4 rings (SSSR count). The third kappa shape index (κ3) is 5.20. The zero-order valence-corrected chi connectivity index (χ0v) is 21.6. The Morgan fingerprint density at radius 1 is 1.17 bits per heavy atom. The molecule has 2 amide bonds. The Morgan fingerprint density at radius 2 is 1.86 bits per heavy atom. The fraction of sp³-hybridized carbons (Fsp3) is 0.481. The maximum atomic E-state index is 14.3. The summed E-state index contributed by atoms with van der Waals surface area (Å²) in [5.41, 5.74) is 2.93. The van der Waals surface area contributed by atoms with Crippen LogP contribution in [-0.2, 0) is 4.74 Å². The average Bonchev–Trinajstić information content (AvgIpc) is 3.23. The Labute approximate surface area is 211 Å². The van der Waals surface area contributed by atoms with Crippen LogP contribution in [0.4, 0.5) is 9.18 Å². The Balaban J connectivity index is 1.68. The minimum Gasteiger partial charge on any atom is -0.444 e. The van der Waals surface area contributed by atoms with Gasteiger partial charge in [0, 0.05) is 32.4 Å². The Kier molecular flexibility index (Phi) is 7.28. The summed E-state index contributed by atoms with van der Waals surface area (Å²) in [5.74, 6) is -0.512. The molecule has 0 unspecified atom stereocenters. The van der Waals surface area contributed by atoms with E-state index in [-0.39, 0.29) is 17.9 Å². The van der Waals surface area contributed by atoms with Crippen LogP contribution in [0.25, 0.3) is 16.7 Å². The molecule has 1 saturated heterocycles. The van der Waals surface area contributed by atoms with E-state index in [9.17, 15) is 14.0 Å². The molecule has 0 atom stereocenters. The van der Waals surface area contributed by atoms with E-state index < -0.39 is 11.4 Å². The van der Waals surface area contributed by atoms with Crippen molar-refractivity contribution < 1.29 is 18.7 Å². The number of piperidine rings is 1. The second kappa shape index (κ2) is 10.2. The van der Waals surface area contributed by atoms with Crippen molar-refractivity contribution in [2.24, 2.45) is 0 Å². The molecule has 192 valence electrons. The number of likely N-dealkylation sites (tertiary alicyclic amines) is 1. The van der Waals surface area contributed by atoms with Crippen LogP contribution in [0.5, 0.6) is 0 Å². The molecule has 36 heavy (non-hydrogen) atoms. The van der Waals surface area contributed by atoms with E-state index in [0.717, 1.165) is 29.4 Å². The highest BCUT2D eigenvalue weighted by molar-refractivity contribution is 5.98. The van der Waals surface area contributed by atoms with Gasteiger partial charge in [-0.3, -0.25) is 4.79 Å². The highest BCUT2D eigenvalue weighted by Gasteiger charge is 2.30. The quantitative estimate of drug-likeness (QED) is 0.489. The number of ether oxygens (including phenoxy) is 1. The molecule has 0 bridgehead atoms. The van der Waals surface area contributed by atoms with Crippen molar-refractivity contribution in [2.75, 3.05) is 26.2 Å². The number of nitrogens with zero attached hydrogens (tertiary/aromatic N) is 5. The largest absolute Gasteiger partial charge is 0.444 e. The fourth-order valence-corrected chi connectivity index (χ4v) is 4.76. The molecule has 1 fully saturated rings. The Hall–Kier alpha value is -3.49. The fourth-order valence-electron chi connectivity index (χ4n) is 4.76. The van der Waals surface area contributed by atoms with E-state index >= 15 is 0 Å². The second-order valence-electron chi connectivity index (χ2n) is 10.1. The monoisotopic (exact) mass is 495 g/mol. The lowest BCUT2D eigenvalue weighted by molar-refractivity contribution is 0.0205. The van der Waals surface area contributed by atoms with Crippen LogP contribution >= 0.6 is 0 Å². The number of benzene rings is 1. The van der Waals surface area contributed by atoms with E-state index in [1.807, 2.05) is 45.4 Å². The topological polar surface area (TPSA) is 80.6 Å². The summed E-state index contributed by atoms with van der Waals surface area (Å²) in [6.07, 6.45) is 6.44. The van der Waals surface area contributed by atoms with Gasteiger partial charge in [0.1, 0.15) is 17.7 Å². The summed E-state index contributed by atoms with van der Waals surface area (Å²) in [5, 5.41) is 0. The number of aromatic nitrogens is 3. The van der Waals surface area contributed by atoms with Crippen molar-refractivity contribution in [3.05, 3.63) is 53.9 Å². The lowest BCUT2D eigenvalue weighted by Gasteiger charge is -2.33. The zero-order valence-electron chi connectivity index (χ0n) is 21.6. The molecular formula is C27H34FN5O3. The van der Waals surface area contributed by atoms with Crippen molar-refractivity contribution in [3.63, 3.8) is 0 Å². The van der Waals surface area contributed by atoms with Crippen molar-refractivity contribution in [1.29, 1.82) is 0 Å². The van der Waals surface area contributed by atoms with Gasteiger partial charge in [0.15, 0.2) is 0 Å². The van der Waals surface area contributed by atoms with Crippen LogP contribution in [0, 0.1) is 5.82 Å². The minimum absolute atomic E-state index is 0.171. The predicted molar refractivity (Wildman–Crippen MR) is 136 cm³/mol. The molecule has 3 aromatic rings. The lowest BCUT2D eigenvalue weighted by atomic mass is 9.90. The molecule has 1 aliphatic rings. The predicted octanol–water partition coefficient (Wildman–Crippen LogP) is 5.16. The molecule has 1 aliphatic heterocycles. The SMILES string of the molecule is CCN(CC)C(=O)c1cc(F)ccc1-n1cc(C2CCN(C(=O)OC(C)(C)C)CC2)c2ncncc21. The van der Waals surface area contributed by atoms with Crippen molar-refractivity contribution in [3.8, 4) is 5.69 Å². The van der Waals surface area contributed by atoms with Gasteiger partial charge in [-0.15, -0.1) is 0 Å². The molecule has 1 aromatic carbocycles. The smallest absolute Gasteiger partial charge is 0.410 e. The first kappa shape index (κ1) is 25.6. The van der Waals surface area contributed by atoms with E-state index in [0.29, 0.717) is 37.4 Å². The highest BCUT2D eigenvalue weighted by Crippen LogP contribution is 2.35. The van der Waals surface area contributed by atoms with Crippen LogP contribution < -0.4 is 0 Å². The van der Waals surface area contributed by atoms with E-state index in [1.165, 1.54) is 18.5 Å². The number of rotatable bonds is 5. The number of hydrogen-bond acceptors (Lipinski definition) is 5. The molecule has 0 radical (unpaired) electrons. The Morgan fingerprint density at radius 3 is 2.50 bits per heavy atom. The molecule has 0 saturated carbocycles. The number of carbonyl (C=O) groups excluding carboxylic acids is 2. The number of fused-ring (bicyclic) bond motifs is 1. The first-order chi connectivity index (χ1) is 17.1. The van der Waals surface area contributed by atoms with Gasteiger partial charge < -0.3 is 19.1 Å². The van der Waals surface area contributed by atoms with E-state index in [4.69, 9.17) is 4.74 Å². The van der Waals surface area contributed by atoms with Crippen LogP contribution in [0.1, 0.15) is 69.3 Å². The summed E-state index contributed by atoms with van der Waals surface area (Å²) in [7, 11) is 0. The summed E-state index contributed by atoms with van der Waals surface area (Å²) in [6.45, 7) is 11.6. The first-order valence-corrected chi connectivity index (χ1v) is 12.5. The number of amides is 2. The van der Waals surface area contributed by atoms with Crippen LogP contribution in [-0.4, -0.2) is 68.1 Å². The normalized spacial score (nSPS) is 14.8. The maximum absolute atomic E-state index is 14.3. The van der Waals surface area contributed by atoms with Gasteiger partial charge in [-0.05, 0) is 77.1 Å². The van der Waals surface area contributed by atoms with Gasteiger partial charge in [0.05, 0.1) is 28.5 Å². The van der Waals surface area contributed by atoms with Gasteiger partial charge >= 0.3 is 6.09 Å². The average molecular weight is 496 g/mol. The molecule has 2 aromatic heterocycles. The van der Waals surface area contributed by atoms with Gasteiger partial charge in [-0.1, -0.05) is 0 Å². The molecule has 0 N–H and O–H groups in total. The number of hydrogen-bond donors (Lipinski definition) is 0. The zero-order chi connectivity index (χ0) is 26.0. The number of carbonyl (C=O) groups is 2. The molecule has 0 spiro atoms. The summed E-state index contributed by atoms with van der Waals surface area (Å²) in [6, 6.07) is 4.29. The minimum atomic E-state index is -0.534. The van der Waals surface area contributed by atoms with E-state index in [2.05, 4.69) is 9.97 Å². The molecular weight excluding hydrogens is 461 g/mol. The second-order valence-corrected chi connectivity index (χ2v) is 10.1. The van der Waals surface area contributed by atoms with Crippen molar-refractivity contribution in [2.45, 2.75) is 59.0 Å². The lowest BCUT2D eigenvalue weighted by Crippen LogP contribution is -2.41. The third-order valence-corrected chi connectivity index (χ3v) is 6.58. The third-order valence-electron chi connectivity index (χ3n) is 6.58. The molecule has 9 heteroatoms.